The second-order valence-electron chi connectivity index (χ2n) is 5.59. The van der Waals surface area contributed by atoms with Crippen molar-refractivity contribution in [1.82, 2.24) is 9.88 Å². The van der Waals surface area contributed by atoms with Crippen LogP contribution in [0.3, 0.4) is 0 Å². The fraction of sp³-hybridized carbons (Fsp3) is 0.294. The van der Waals surface area contributed by atoms with E-state index in [1.54, 1.807) is 26.2 Å². The Hall–Kier alpha value is -2.60. The summed E-state index contributed by atoms with van der Waals surface area (Å²) in [5, 5.41) is 6.07. The lowest BCUT2D eigenvalue weighted by Crippen LogP contribution is -2.33. The van der Waals surface area contributed by atoms with Crippen molar-refractivity contribution in [3.63, 3.8) is 0 Å². The van der Waals surface area contributed by atoms with Crippen molar-refractivity contribution in [3.8, 4) is 5.75 Å². The Balaban J connectivity index is 1.88. The molecule has 0 spiro atoms. The highest BCUT2D eigenvalue weighted by molar-refractivity contribution is 5.96. The van der Waals surface area contributed by atoms with E-state index in [-0.39, 0.29) is 11.5 Å². The average Bonchev–Trinajstić information content (AvgIpc) is 2.75. The largest absolute Gasteiger partial charge is 0.492 e. The van der Waals surface area contributed by atoms with Gasteiger partial charge in [-0.3, -0.25) is 14.9 Å². The van der Waals surface area contributed by atoms with Crippen molar-refractivity contribution in [2.45, 2.75) is 13.0 Å². The maximum absolute atomic E-state index is 12.7. The monoisotopic (exact) mass is 313 g/mol. The molecule has 0 bridgehead atoms. The van der Waals surface area contributed by atoms with Gasteiger partial charge in [-0.05, 0) is 19.1 Å². The molecule has 23 heavy (non-hydrogen) atoms. The number of pyridine rings is 1. The summed E-state index contributed by atoms with van der Waals surface area (Å²) < 4.78 is 7.11. The van der Waals surface area contributed by atoms with Gasteiger partial charge in [-0.25, -0.2) is 0 Å². The number of para-hydroxylation sites is 1. The minimum Gasteiger partial charge on any atom is -0.492 e. The second kappa shape index (κ2) is 6.26. The summed E-state index contributed by atoms with van der Waals surface area (Å²) in [7, 11) is 1.66. The first kappa shape index (κ1) is 15.3. The van der Waals surface area contributed by atoms with Crippen LogP contribution in [0.5, 0.6) is 5.75 Å². The molecule has 6 heteroatoms. The number of benzene rings is 1. The van der Waals surface area contributed by atoms with Crippen LogP contribution in [0.1, 0.15) is 17.2 Å². The fourth-order valence-corrected chi connectivity index (χ4v) is 2.72. The zero-order valence-corrected chi connectivity index (χ0v) is 13.1. The number of amides is 1. The van der Waals surface area contributed by atoms with Crippen molar-refractivity contribution in [2.75, 3.05) is 18.5 Å². The molecule has 0 aliphatic carbocycles. The molecule has 1 amide bonds. The lowest BCUT2D eigenvalue weighted by molar-refractivity contribution is -0.118. The molecule has 1 aliphatic heterocycles. The summed E-state index contributed by atoms with van der Waals surface area (Å²) >= 11 is 0. The van der Waals surface area contributed by atoms with Gasteiger partial charge in [0.05, 0.1) is 5.69 Å². The predicted molar refractivity (Wildman–Crippen MR) is 87.7 cm³/mol. The van der Waals surface area contributed by atoms with Gasteiger partial charge in [0.15, 0.2) is 0 Å². The third kappa shape index (κ3) is 3.12. The Labute approximate surface area is 134 Å². The van der Waals surface area contributed by atoms with Crippen LogP contribution in [0.15, 0.2) is 41.3 Å². The molecule has 2 aromatic rings. The van der Waals surface area contributed by atoms with E-state index in [0.717, 1.165) is 5.56 Å². The number of carbonyl (C=O) groups excluding carboxylic acids is 1. The molecule has 0 radical (unpaired) electrons. The highest BCUT2D eigenvalue weighted by atomic mass is 16.5. The fourth-order valence-electron chi connectivity index (χ4n) is 2.72. The second-order valence-corrected chi connectivity index (χ2v) is 5.59. The smallest absolute Gasteiger partial charge is 0.253 e. The quantitative estimate of drug-likeness (QED) is 0.878. The number of ether oxygens (including phenoxy) is 1. The van der Waals surface area contributed by atoms with E-state index in [4.69, 9.17) is 4.74 Å². The molecule has 1 aliphatic rings. The predicted octanol–water partition coefficient (Wildman–Crippen LogP) is 1.36. The zero-order chi connectivity index (χ0) is 16.4. The zero-order valence-electron chi connectivity index (χ0n) is 13.1. The van der Waals surface area contributed by atoms with Gasteiger partial charge in [0.1, 0.15) is 18.4 Å². The number of fused-ring (bicyclic) bond motifs is 1. The van der Waals surface area contributed by atoms with Gasteiger partial charge in [0, 0.05) is 30.9 Å². The third-order valence-electron chi connectivity index (χ3n) is 3.83. The molecule has 1 atom stereocenters. The van der Waals surface area contributed by atoms with Crippen LogP contribution in [-0.2, 0) is 11.8 Å². The Morgan fingerprint density at radius 2 is 2.17 bits per heavy atom. The van der Waals surface area contributed by atoms with Gasteiger partial charge in [0.2, 0.25) is 5.91 Å². The third-order valence-corrected chi connectivity index (χ3v) is 3.83. The van der Waals surface area contributed by atoms with Crippen molar-refractivity contribution in [1.29, 1.82) is 0 Å². The van der Waals surface area contributed by atoms with Crippen LogP contribution in [0, 0.1) is 6.92 Å². The van der Waals surface area contributed by atoms with Crippen LogP contribution in [0.2, 0.25) is 0 Å². The Bertz CT molecular complexity index is 772. The molecule has 1 aromatic heterocycles. The first-order valence-corrected chi connectivity index (χ1v) is 7.49. The van der Waals surface area contributed by atoms with E-state index < -0.39 is 6.04 Å². The summed E-state index contributed by atoms with van der Waals surface area (Å²) in [6.45, 7) is 2.82. The van der Waals surface area contributed by atoms with Gasteiger partial charge in [-0.2, -0.15) is 0 Å². The van der Waals surface area contributed by atoms with E-state index in [1.807, 2.05) is 24.3 Å². The molecule has 2 N–H and O–H groups in total. The number of hydrogen-bond donors (Lipinski definition) is 2. The number of carbonyl (C=O) groups is 1. The minimum atomic E-state index is -0.494. The Morgan fingerprint density at radius 3 is 2.96 bits per heavy atom. The minimum absolute atomic E-state index is 0.0747. The lowest BCUT2D eigenvalue weighted by atomic mass is 10.1. The normalized spacial score (nSPS) is 16.9. The van der Waals surface area contributed by atoms with Crippen molar-refractivity contribution >= 4 is 11.6 Å². The van der Waals surface area contributed by atoms with Crippen molar-refractivity contribution in [2.24, 2.45) is 7.05 Å². The van der Waals surface area contributed by atoms with Crippen LogP contribution in [0.4, 0.5) is 5.69 Å². The van der Waals surface area contributed by atoms with Gasteiger partial charge in [0.25, 0.3) is 5.56 Å². The molecule has 0 saturated heterocycles. The van der Waals surface area contributed by atoms with Crippen LogP contribution >= 0.6 is 0 Å². The van der Waals surface area contributed by atoms with Crippen molar-refractivity contribution < 1.29 is 9.53 Å². The maximum atomic E-state index is 12.7. The number of hydrogen-bond acceptors (Lipinski definition) is 4. The van der Waals surface area contributed by atoms with Crippen LogP contribution in [-0.4, -0.2) is 23.6 Å². The Kier molecular flexibility index (Phi) is 4.16. The molecule has 0 saturated carbocycles. The van der Waals surface area contributed by atoms with Gasteiger partial charge >= 0.3 is 0 Å². The summed E-state index contributed by atoms with van der Waals surface area (Å²) in [6.07, 6.45) is 1.62. The molecule has 3 rings (SSSR count). The number of anilines is 1. The number of rotatable bonds is 2. The molecule has 120 valence electrons. The van der Waals surface area contributed by atoms with E-state index in [1.165, 1.54) is 4.57 Å². The molecule has 1 aromatic carbocycles. The summed E-state index contributed by atoms with van der Waals surface area (Å²) in [5.74, 6) is 0.537. The molecule has 0 fully saturated rings. The number of nitrogens with one attached hydrogen (secondary N) is 2. The molecule has 2 heterocycles. The first-order chi connectivity index (χ1) is 11.1. The summed E-state index contributed by atoms with van der Waals surface area (Å²) in [4.78, 5) is 24.4. The van der Waals surface area contributed by atoms with Crippen LogP contribution < -0.4 is 20.9 Å². The number of aryl methyl sites for hydroxylation is 2. The number of nitrogens with zero attached hydrogens (tertiary/aromatic N) is 1. The van der Waals surface area contributed by atoms with E-state index >= 15 is 0 Å². The topological polar surface area (TPSA) is 72.4 Å². The first-order valence-electron chi connectivity index (χ1n) is 7.49. The Morgan fingerprint density at radius 1 is 1.39 bits per heavy atom. The van der Waals surface area contributed by atoms with Gasteiger partial charge < -0.3 is 14.6 Å². The summed E-state index contributed by atoms with van der Waals surface area (Å²) in [6, 6.07) is 8.69. The highest BCUT2D eigenvalue weighted by Gasteiger charge is 2.25. The van der Waals surface area contributed by atoms with E-state index in [9.17, 15) is 9.59 Å². The molecule has 6 nitrogen and oxygen atoms in total. The van der Waals surface area contributed by atoms with E-state index in [0.29, 0.717) is 30.2 Å². The molecular formula is C17H19N3O3. The van der Waals surface area contributed by atoms with Crippen LogP contribution in [0.25, 0.3) is 0 Å². The van der Waals surface area contributed by atoms with E-state index in [2.05, 4.69) is 10.6 Å². The lowest BCUT2D eigenvalue weighted by Gasteiger charge is -2.17. The van der Waals surface area contributed by atoms with Gasteiger partial charge in [-0.1, -0.05) is 18.2 Å². The maximum Gasteiger partial charge on any atom is 0.253 e. The molecular weight excluding hydrogens is 294 g/mol. The summed E-state index contributed by atoms with van der Waals surface area (Å²) in [5.41, 5.74) is 1.92. The molecule has 1 unspecified atom stereocenters. The average molecular weight is 313 g/mol. The van der Waals surface area contributed by atoms with Gasteiger partial charge in [-0.15, -0.1) is 0 Å². The van der Waals surface area contributed by atoms with Crippen molar-refractivity contribution in [3.05, 3.63) is 58.0 Å². The standard InChI is InChI=1S/C17H19N3O3/c1-11-9-12(10-20(2)17(11)22)19-16(21)15-13-5-3-4-6-14(13)23-8-7-18-15/h3-6,9-10,15,18H,7-8H2,1-2H3,(H,19,21). The highest BCUT2D eigenvalue weighted by Crippen LogP contribution is 2.27. The SMILES string of the molecule is Cc1cc(NC(=O)C2NCCOc3ccccc32)cn(C)c1=O. The number of aromatic nitrogens is 1.